The maximum atomic E-state index is 11.2. The van der Waals surface area contributed by atoms with Crippen LogP contribution >= 0.6 is 11.3 Å². The van der Waals surface area contributed by atoms with E-state index < -0.39 is 5.97 Å². The molecule has 1 aromatic heterocycles. The summed E-state index contributed by atoms with van der Waals surface area (Å²) in [5.41, 5.74) is 2.89. The van der Waals surface area contributed by atoms with E-state index in [0.717, 1.165) is 18.0 Å². The van der Waals surface area contributed by atoms with Gasteiger partial charge < -0.3 is 10.4 Å². The van der Waals surface area contributed by atoms with Crippen molar-refractivity contribution in [2.75, 3.05) is 5.32 Å². The van der Waals surface area contributed by atoms with Crippen molar-refractivity contribution in [1.29, 1.82) is 0 Å². The Hall–Kier alpha value is -1.81. The molecule has 0 saturated heterocycles. The summed E-state index contributed by atoms with van der Waals surface area (Å²) in [6.07, 6.45) is 14.5. The molecule has 0 spiro atoms. The number of hydrogen-bond donors (Lipinski definition) is 2. The number of carbonyl (C=O) groups is 1. The first-order valence-electron chi connectivity index (χ1n) is 11.9. The largest absolute Gasteiger partial charge is 0.478 e. The Morgan fingerprint density at radius 1 is 1.03 bits per heavy atom. The molecule has 1 unspecified atom stereocenters. The molecule has 4 rings (SSSR count). The summed E-state index contributed by atoms with van der Waals surface area (Å²) in [4.78, 5) is 14.4. The molecule has 1 heterocycles. The molecule has 2 aliphatic rings. The van der Waals surface area contributed by atoms with Crippen LogP contribution in [0.25, 0.3) is 0 Å². The lowest BCUT2D eigenvalue weighted by atomic mass is 9.80. The molecule has 2 fully saturated rings. The zero-order valence-corrected chi connectivity index (χ0v) is 19.0. The summed E-state index contributed by atoms with van der Waals surface area (Å²) in [6, 6.07) is 10.1. The number of thiophene rings is 1. The molecule has 2 aromatic rings. The molecule has 0 radical (unpaired) electrons. The van der Waals surface area contributed by atoms with Gasteiger partial charge in [-0.3, -0.25) is 0 Å². The maximum Gasteiger partial charge on any atom is 0.335 e. The van der Waals surface area contributed by atoms with Gasteiger partial charge >= 0.3 is 5.97 Å². The molecule has 4 heteroatoms. The summed E-state index contributed by atoms with van der Waals surface area (Å²) in [7, 11) is 0. The van der Waals surface area contributed by atoms with Gasteiger partial charge in [-0.2, -0.15) is 0 Å². The van der Waals surface area contributed by atoms with E-state index in [-0.39, 0.29) is 0 Å². The van der Waals surface area contributed by atoms with Crippen molar-refractivity contribution < 1.29 is 9.90 Å². The van der Waals surface area contributed by atoms with Crippen LogP contribution in [0.5, 0.6) is 0 Å². The SMILES string of the molecule is CCc1sc(C2CCCCC2)cc1C(Nc1ccc(C(=O)O)cc1)C1CCCCC1. The van der Waals surface area contributed by atoms with E-state index >= 15 is 0 Å². The average molecular weight is 426 g/mol. The minimum absolute atomic E-state index is 0.324. The molecule has 3 nitrogen and oxygen atoms in total. The molecule has 2 N–H and O–H groups in total. The predicted octanol–water partition coefficient (Wildman–Crippen LogP) is 7.79. The molecule has 0 amide bonds. The minimum Gasteiger partial charge on any atom is -0.478 e. The van der Waals surface area contributed by atoms with Crippen LogP contribution < -0.4 is 5.32 Å². The van der Waals surface area contributed by atoms with Gasteiger partial charge in [0.1, 0.15) is 0 Å². The fourth-order valence-electron chi connectivity index (χ4n) is 5.40. The van der Waals surface area contributed by atoms with Crippen molar-refractivity contribution in [3.05, 3.63) is 51.2 Å². The monoisotopic (exact) mass is 425 g/mol. The Morgan fingerprint density at radius 2 is 1.67 bits per heavy atom. The molecule has 0 aliphatic heterocycles. The summed E-state index contributed by atoms with van der Waals surface area (Å²) in [5.74, 6) is 0.537. The molecular weight excluding hydrogens is 390 g/mol. The highest BCUT2D eigenvalue weighted by Gasteiger charge is 2.29. The van der Waals surface area contributed by atoms with Gasteiger partial charge in [0.15, 0.2) is 0 Å². The number of benzene rings is 1. The topological polar surface area (TPSA) is 49.3 Å². The molecule has 1 aromatic carbocycles. The molecule has 1 atom stereocenters. The number of anilines is 1. The third-order valence-electron chi connectivity index (χ3n) is 7.10. The van der Waals surface area contributed by atoms with Gasteiger partial charge in [-0.25, -0.2) is 4.79 Å². The predicted molar refractivity (Wildman–Crippen MR) is 126 cm³/mol. The number of aromatic carboxylic acids is 1. The lowest BCUT2D eigenvalue weighted by Crippen LogP contribution is -2.23. The van der Waals surface area contributed by atoms with Crippen molar-refractivity contribution in [1.82, 2.24) is 0 Å². The van der Waals surface area contributed by atoms with Crippen molar-refractivity contribution in [3.8, 4) is 0 Å². The fraction of sp³-hybridized carbons (Fsp3) is 0.577. The second-order valence-corrected chi connectivity index (χ2v) is 10.3. The van der Waals surface area contributed by atoms with Crippen LogP contribution in [0.1, 0.15) is 109 Å². The van der Waals surface area contributed by atoms with Gasteiger partial charge in [-0.05, 0) is 79.8 Å². The molecule has 2 saturated carbocycles. The molecule has 30 heavy (non-hydrogen) atoms. The van der Waals surface area contributed by atoms with Crippen LogP contribution in [-0.4, -0.2) is 11.1 Å². The fourth-order valence-corrected chi connectivity index (χ4v) is 6.72. The van der Waals surface area contributed by atoms with E-state index in [9.17, 15) is 9.90 Å². The molecule has 0 bridgehead atoms. The van der Waals surface area contributed by atoms with Crippen LogP contribution in [0.4, 0.5) is 5.69 Å². The third-order valence-corrected chi connectivity index (χ3v) is 8.56. The Bertz CT molecular complexity index is 829. The van der Waals surface area contributed by atoms with Crippen LogP contribution in [-0.2, 0) is 6.42 Å². The van der Waals surface area contributed by atoms with E-state index in [1.807, 2.05) is 12.1 Å². The highest BCUT2D eigenvalue weighted by Crippen LogP contribution is 2.44. The maximum absolute atomic E-state index is 11.2. The number of aryl methyl sites for hydroxylation is 1. The van der Waals surface area contributed by atoms with E-state index in [0.29, 0.717) is 17.5 Å². The Balaban J connectivity index is 1.63. The van der Waals surface area contributed by atoms with Crippen LogP contribution in [0.15, 0.2) is 30.3 Å². The Kier molecular flexibility index (Phi) is 7.14. The number of hydrogen-bond acceptors (Lipinski definition) is 3. The number of carboxylic acids is 1. The lowest BCUT2D eigenvalue weighted by molar-refractivity contribution is 0.0697. The first kappa shape index (κ1) is 21.4. The van der Waals surface area contributed by atoms with E-state index in [4.69, 9.17) is 0 Å². The van der Waals surface area contributed by atoms with Gasteiger partial charge in [0, 0.05) is 15.4 Å². The van der Waals surface area contributed by atoms with Gasteiger partial charge in [-0.15, -0.1) is 11.3 Å². The normalized spacial score (nSPS) is 19.5. The van der Waals surface area contributed by atoms with Crippen LogP contribution in [0.2, 0.25) is 0 Å². The van der Waals surface area contributed by atoms with Crippen molar-refractivity contribution in [2.24, 2.45) is 5.92 Å². The van der Waals surface area contributed by atoms with Crippen molar-refractivity contribution in [3.63, 3.8) is 0 Å². The van der Waals surface area contributed by atoms with Gasteiger partial charge in [0.05, 0.1) is 11.6 Å². The van der Waals surface area contributed by atoms with Gasteiger partial charge in [0.2, 0.25) is 0 Å². The van der Waals surface area contributed by atoms with Gasteiger partial charge in [0.25, 0.3) is 0 Å². The highest BCUT2D eigenvalue weighted by molar-refractivity contribution is 7.12. The zero-order valence-electron chi connectivity index (χ0n) is 18.2. The van der Waals surface area contributed by atoms with E-state index in [1.54, 1.807) is 21.9 Å². The summed E-state index contributed by atoms with van der Waals surface area (Å²) in [5, 5.41) is 13.1. The smallest absolute Gasteiger partial charge is 0.335 e. The van der Waals surface area contributed by atoms with Crippen molar-refractivity contribution in [2.45, 2.75) is 89.5 Å². The zero-order chi connectivity index (χ0) is 20.9. The molecule has 162 valence electrons. The third kappa shape index (κ3) is 4.91. The van der Waals surface area contributed by atoms with Crippen LogP contribution in [0.3, 0.4) is 0 Å². The van der Waals surface area contributed by atoms with Crippen LogP contribution in [0, 0.1) is 5.92 Å². The number of nitrogens with one attached hydrogen (secondary N) is 1. The number of carboxylic acid groups (broad SMARTS) is 1. The second kappa shape index (κ2) is 10.00. The Labute approximate surface area is 184 Å². The molecule has 2 aliphatic carbocycles. The first-order valence-corrected chi connectivity index (χ1v) is 12.7. The minimum atomic E-state index is -0.867. The summed E-state index contributed by atoms with van der Waals surface area (Å²) < 4.78 is 0. The Morgan fingerprint density at radius 3 is 2.27 bits per heavy atom. The van der Waals surface area contributed by atoms with Gasteiger partial charge in [-0.1, -0.05) is 45.4 Å². The van der Waals surface area contributed by atoms with Crippen molar-refractivity contribution >= 4 is 23.0 Å². The van der Waals surface area contributed by atoms with E-state index in [1.165, 1.54) is 69.8 Å². The molecular formula is C26H35NO2S. The quantitative estimate of drug-likeness (QED) is 0.476. The lowest BCUT2D eigenvalue weighted by Gasteiger charge is -2.32. The standard InChI is InChI=1S/C26H35NO2S/c1-2-23-22(17-24(30-23)18-9-5-3-6-10-18)25(19-11-7-4-8-12-19)27-21-15-13-20(14-16-21)26(28)29/h13-19,25,27H,2-12H2,1H3,(H,28,29). The second-order valence-electron chi connectivity index (χ2n) is 9.12. The van der Waals surface area contributed by atoms with E-state index in [2.05, 4.69) is 29.6 Å². The summed E-state index contributed by atoms with van der Waals surface area (Å²) >= 11 is 2.06. The first-order chi connectivity index (χ1) is 14.7. The number of rotatable bonds is 7. The summed E-state index contributed by atoms with van der Waals surface area (Å²) in [6.45, 7) is 2.29. The highest BCUT2D eigenvalue weighted by atomic mass is 32.1. The average Bonchev–Trinajstić information content (AvgIpc) is 3.23.